The van der Waals surface area contributed by atoms with Gasteiger partial charge in [0.15, 0.2) is 0 Å². The van der Waals surface area contributed by atoms with Gasteiger partial charge < -0.3 is 20.6 Å². The highest BCUT2D eigenvalue weighted by Gasteiger charge is 2.28. The van der Waals surface area contributed by atoms with E-state index in [-0.39, 0.29) is 6.04 Å². The van der Waals surface area contributed by atoms with Crippen LogP contribution >= 0.6 is 15.9 Å². The molecule has 1 fully saturated rings. The number of hydrogen-bond donors (Lipinski definition) is 2. The molecule has 39 heavy (non-hydrogen) atoms. The fourth-order valence-corrected chi connectivity index (χ4v) is 7.37. The van der Waals surface area contributed by atoms with E-state index in [9.17, 15) is 9.90 Å². The third-order valence-corrected chi connectivity index (χ3v) is 9.36. The molecule has 1 aliphatic heterocycles. The summed E-state index contributed by atoms with van der Waals surface area (Å²) >= 11 is 3.91. The van der Waals surface area contributed by atoms with Gasteiger partial charge in [-0.15, -0.1) is 0 Å². The van der Waals surface area contributed by atoms with Gasteiger partial charge >= 0.3 is 6.09 Å². The zero-order valence-corrected chi connectivity index (χ0v) is 23.2. The molecule has 3 N–H and O–H groups in total. The number of hydrogen-bond acceptors (Lipinski definition) is 3. The van der Waals surface area contributed by atoms with Crippen molar-refractivity contribution in [3.63, 3.8) is 0 Å². The molecule has 0 bridgehead atoms. The quantitative estimate of drug-likeness (QED) is 0.263. The molecule has 5 nitrogen and oxygen atoms in total. The summed E-state index contributed by atoms with van der Waals surface area (Å²) in [5, 5.41) is 14.4. The number of rotatable bonds is 2. The lowest BCUT2D eigenvalue weighted by atomic mass is 9.77. The van der Waals surface area contributed by atoms with Crippen molar-refractivity contribution >= 4 is 54.8 Å². The lowest BCUT2D eigenvalue weighted by molar-refractivity contribution is 0.142. The molecule has 7 rings (SSSR count). The van der Waals surface area contributed by atoms with Crippen molar-refractivity contribution in [2.45, 2.75) is 25.3 Å². The van der Waals surface area contributed by atoms with Crippen molar-refractivity contribution < 1.29 is 9.90 Å². The van der Waals surface area contributed by atoms with E-state index in [0.717, 1.165) is 23.7 Å². The summed E-state index contributed by atoms with van der Waals surface area (Å²) in [7, 11) is 0. The van der Waals surface area contributed by atoms with Gasteiger partial charge in [0, 0.05) is 53.0 Å². The van der Waals surface area contributed by atoms with E-state index < -0.39 is 6.09 Å². The summed E-state index contributed by atoms with van der Waals surface area (Å²) in [6.07, 6.45) is 6.53. The number of anilines is 1. The van der Waals surface area contributed by atoms with E-state index in [1.165, 1.54) is 65.5 Å². The molecule has 0 radical (unpaired) electrons. The summed E-state index contributed by atoms with van der Waals surface area (Å²) < 4.78 is 1.11. The summed E-state index contributed by atoms with van der Waals surface area (Å²) in [6, 6.07) is 22.0. The Hall–Kier alpha value is -3.61. The van der Waals surface area contributed by atoms with Crippen LogP contribution in [0.25, 0.3) is 38.2 Å². The van der Waals surface area contributed by atoms with Gasteiger partial charge in [-0.2, -0.15) is 0 Å². The van der Waals surface area contributed by atoms with Gasteiger partial charge in [0.25, 0.3) is 0 Å². The highest BCUT2D eigenvalue weighted by molar-refractivity contribution is 9.10. The van der Waals surface area contributed by atoms with Crippen molar-refractivity contribution in [2.24, 2.45) is 5.73 Å². The number of carbonyl (C=O) groups is 1. The Labute approximate surface area is 236 Å². The van der Waals surface area contributed by atoms with Gasteiger partial charge in [0.2, 0.25) is 0 Å². The predicted molar refractivity (Wildman–Crippen MR) is 163 cm³/mol. The zero-order chi connectivity index (χ0) is 26.7. The minimum absolute atomic E-state index is 0.116. The summed E-state index contributed by atoms with van der Waals surface area (Å²) in [6.45, 7) is 2.33. The molecule has 196 valence electrons. The number of nitrogens with zero attached hydrogens (tertiary/aromatic N) is 2. The lowest BCUT2D eigenvalue weighted by Crippen LogP contribution is -2.48. The molecule has 3 aliphatic rings. The highest BCUT2D eigenvalue weighted by Crippen LogP contribution is 2.46. The van der Waals surface area contributed by atoms with Crippen LogP contribution in [0.15, 0.2) is 82.9 Å². The van der Waals surface area contributed by atoms with Crippen LogP contribution in [0, 0.1) is 0 Å². The van der Waals surface area contributed by atoms with E-state index in [1.54, 1.807) is 0 Å². The Bertz CT molecular complexity index is 1720. The monoisotopic (exact) mass is 579 g/mol. The smallest absolute Gasteiger partial charge is 0.407 e. The van der Waals surface area contributed by atoms with Gasteiger partial charge in [-0.25, -0.2) is 4.79 Å². The molecule has 6 heteroatoms. The Morgan fingerprint density at radius 2 is 1.64 bits per heavy atom. The second-order valence-corrected chi connectivity index (χ2v) is 11.6. The van der Waals surface area contributed by atoms with Crippen molar-refractivity contribution in [1.82, 2.24) is 4.90 Å². The molecule has 0 spiro atoms. The van der Waals surface area contributed by atoms with E-state index in [1.807, 2.05) is 0 Å². The normalized spacial score (nSPS) is 19.0. The number of carboxylic acid groups (broad SMARTS) is 1. The van der Waals surface area contributed by atoms with Gasteiger partial charge in [-0.1, -0.05) is 82.7 Å². The first kappa shape index (κ1) is 24.4. The van der Waals surface area contributed by atoms with E-state index in [0.29, 0.717) is 26.2 Å². The van der Waals surface area contributed by atoms with Crippen LogP contribution in [0.4, 0.5) is 10.5 Å². The molecular weight excluding hydrogens is 550 g/mol. The standard InChI is InChI=1S/C33H30BrN3O2/c34-29-15-14-24(27-12-10-23-22-6-3-7-30(35)25(22)11-13-26(23)31(27)29)28-9-8-20-4-1-2-5-21(20)32(28)36-16-18-37(19-17-36)33(38)39/h1-6,8-10,12,14-15,30H,7,11,13,16-19,35H2,(H,38,39). The van der Waals surface area contributed by atoms with Crippen LogP contribution in [0.1, 0.15) is 24.0 Å². The minimum atomic E-state index is -0.844. The number of aryl methyl sites for hydroxylation is 1. The third-order valence-electron chi connectivity index (χ3n) is 8.70. The van der Waals surface area contributed by atoms with E-state index in [4.69, 9.17) is 5.73 Å². The topological polar surface area (TPSA) is 69.8 Å². The number of allylic oxidation sites excluding steroid dienone is 2. The van der Waals surface area contributed by atoms with Crippen LogP contribution in [0.2, 0.25) is 0 Å². The summed E-state index contributed by atoms with van der Waals surface area (Å²) in [5.74, 6) is 0. The third kappa shape index (κ3) is 3.97. The first-order chi connectivity index (χ1) is 19.0. The molecule has 1 saturated heterocycles. The number of piperazine rings is 1. The maximum Gasteiger partial charge on any atom is 0.407 e. The number of halogens is 1. The fraction of sp³-hybridized carbons (Fsp3) is 0.242. The van der Waals surface area contributed by atoms with Crippen molar-refractivity contribution in [2.75, 3.05) is 31.1 Å². The molecule has 1 heterocycles. The summed E-state index contributed by atoms with van der Waals surface area (Å²) in [5.41, 5.74) is 15.4. The largest absolute Gasteiger partial charge is 0.465 e. The zero-order valence-electron chi connectivity index (χ0n) is 21.7. The van der Waals surface area contributed by atoms with Gasteiger partial charge in [-0.3, -0.25) is 0 Å². The van der Waals surface area contributed by atoms with Gasteiger partial charge in [0.1, 0.15) is 0 Å². The van der Waals surface area contributed by atoms with Crippen molar-refractivity contribution in [3.05, 3.63) is 94.0 Å². The van der Waals surface area contributed by atoms with Crippen LogP contribution in [-0.2, 0) is 6.42 Å². The van der Waals surface area contributed by atoms with Crippen molar-refractivity contribution in [3.8, 4) is 11.1 Å². The second kappa shape index (κ2) is 9.54. The Kier molecular flexibility index (Phi) is 5.98. The number of amides is 1. The first-order valence-electron chi connectivity index (χ1n) is 13.7. The van der Waals surface area contributed by atoms with Crippen LogP contribution in [0.5, 0.6) is 0 Å². The first-order valence-corrected chi connectivity index (χ1v) is 14.4. The second-order valence-electron chi connectivity index (χ2n) is 10.7. The van der Waals surface area contributed by atoms with Gasteiger partial charge in [0.05, 0.1) is 5.69 Å². The highest BCUT2D eigenvalue weighted by atomic mass is 79.9. The minimum Gasteiger partial charge on any atom is -0.465 e. The molecular formula is C33H30BrN3O2. The van der Waals surface area contributed by atoms with Crippen LogP contribution in [0.3, 0.4) is 0 Å². The Morgan fingerprint density at radius 3 is 2.46 bits per heavy atom. The maximum atomic E-state index is 11.6. The SMILES string of the molecule is NC1CC=CC2=C1CCc1c2ccc2c(-c3ccc4ccccc4c3N3CCN(C(=O)O)CC3)ccc(Br)c12. The number of fused-ring (bicyclic) bond motifs is 5. The van der Waals surface area contributed by atoms with Crippen molar-refractivity contribution in [1.29, 1.82) is 0 Å². The van der Waals surface area contributed by atoms with Gasteiger partial charge in [-0.05, 0) is 63.9 Å². The maximum absolute atomic E-state index is 11.6. The van der Waals surface area contributed by atoms with E-state index >= 15 is 0 Å². The molecule has 1 unspecified atom stereocenters. The predicted octanol–water partition coefficient (Wildman–Crippen LogP) is 7.21. The number of benzene rings is 4. The molecule has 1 atom stereocenters. The molecule has 0 saturated carbocycles. The molecule has 4 aromatic rings. The Morgan fingerprint density at radius 1 is 0.872 bits per heavy atom. The average Bonchev–Trinajstić information content (AvgIpc) is 2.96. The summed E-state index contributed by atoms with van der Waals surface area (Å²) in [4.78, 5) is 15.5. The molecule has 4 aromatic carbocycles. The van der Waals surface area contributed by atoms with Crippen LogP contribution < -0.4 is 10.6 Å². The number of nitrogens with two attached hydrogens (primary N) is 1. The van der Waals surface area contributed by atoms with E-state index in [2.05, 4.69) is 93.6 Å². The molecule has 0 aromatic heterocycles. The van der Waals surface area contributed by atoms with Crippen LogP contribution in [-0.4, -0.2) is 48.3 Å². The fourth-order valence-electron chi connectivity index (χ4n) is 6.78. The molecule has 1 amide bonds. The molecule has 2 aliphatic carbocycles. The lowest BCUT2D eigenvalue weighted by Gasteiger charge is -2.36. The average molecular weight is 581 g/mol. The Balaban J connectivity index is 1.43.